The van der Waals surface area contributed by atoms with Gasteiger partial charge in [0.05, 0.1) is 5.71 Å². The molecule has 0 amide bonds. The average molecular weight is 526 g/mol. The minimum Gasteiger partial charge on any atom is -0.359 e. The van der Waals surface area contributed by atoms with Gasteiger partial charge in [-0.15, -0.1) is 0 Å². The Morgan fingerprint density at radius 1 is 0.973 bits per heavy atom. The van der Waals surface area contributed by atoms with Crippen LogP contribution < -0.4 is 10.7 Å². The lowest BCUT2D eigenvalue weighted by molar-refractivity contribution is -0.0215. The van der Waals surface area contributed by atoms with Gasteiger partial charge in [0.15, 0.2) is 5.11 Å². The molecule has 0 saturated heterocycles. The molecule has 208 valence electrons. The molecule has 5 aliphatic rings. The zero-order valence-corrected chi connectivity index (χ0v) is 25.4. The van der Waals surface area contributed by atoms with E-state index >= 15 is 0 Å². The van der Waals surface area contributed by atoms with Crippen molar-refractivity contribution in [2.75, 3.05) is 0 Å². The Morgan fingerprint density at radius 2 is 1.76 bits per heavy atom. The lowest BCUT2D eigenvalue weighted by Crippen LogP contribution is -2.53. The minimum atomic E-state index is 0.382. The van der Waals surface area contributed by atoms with Gasteiger partial charge in [0, 0.05) is 12.0 Å². The molecular formula is C33H55N3S. The fraction of sp³-hybridized carbons (Fsp3) is 0.879. The normalized spacial score (nSPS) is 39.6. The first kappa shape index (κ1) is 27.7. The molecule has 3 nitrogen and oxygen atoms in total. The molecule has 0 heterocycles. The van der Waals surface area contributed by atoms with Crippen molar-refractivity contribution in [2.24, 2.45) is 51.4 Å². The summed E-state index contributed by atoms with van der Waals surface area (Å²) in [6, 6.07) is 0.532. The molecule has 37 heavy (non-hydrogen) atoms. The largest absolute Gasteiger partial charge is 0.359 e. The SMILES string of the molecule is CC(C)CCC[C@@H](C)[C@H]1CC[C@H]2[C@@H]3/C(=N\NC(=S)NC4CCCC4)C=C4CCCC[C@]4(C)[C@H]3CC[C@]12C. The van der Waals surface area contributed by atoms with Crippen LogP contribution in [-0.2, 0) is 0 Å². The first-order valence-corrected chi connectivity index (χ1v) is 16.5. The van der Waals surface area contributed by atoms with E-state index in [-0.39, 0.29) is 0 Å². The maximum Gasteiger partial charge on any atom is 0.187 e. The second-order valence-corrected chi connectivity index (χ2v) is 15.1. The molecule has 0 bridgehead atoms. The number of thiocarbonyl (C=S) groups is 1. The number of allylic oxidation sites excluding steroid dienone is 2. The molecule has 0 spiro atoms. The van der Waals surface area contributed by atoms with E-state index in [0.717, 1.165) is 34.7 Å². The summed E-state index contributed by atoms with van der Waals surface area (Å²) in [5, 5.41) is 9.43. The minimum absolute atomic E-state index is 0.382. The van der Waals surface area contributed by atoms with E-state index in [1.54, 1.807) is 5.57 Å². The molecule has 7 atom stereocenters. The highest BCUT2D eigenvalue weighted by Gasteiger charge is 2.60. The summed E-state index contributed by atoms with van der Waals surface area (Å²) in [5.74, 6) is 4.63. The summed E-state index contributed by atoms with van der Waals surface area (Å²) in [6.45, 7) is 12.6. The number of nitrogens with one attached hydrogen (secondary N) is 2. The molecule has 4 heteroatoms. The molecule has 0 aliphatic heterocycles. The first-order valence-electron chi connectivity index (χ1n) is 16.1. The first-order chi connectivity index (χ1) is 17.7. The van der Waals surface area contributed by atoms with E-state index in [1.807, 2.05) is 0 Å². The molecule has 4 fully saturated rings. The monoisotopic (exact) mass is 525 g/mol. The number of rotatable bonds is 7. The maximum atomic E-state index is 5.72. The molecule has 5 aliphatic carbocycles. The van der Waals surface area contributed by atoms with E-state index in [1.165, 1.54) is 102 Å². The molecule has 2 N–H and O–H groups in total. The van der Waals surface area contributed by atoms with Gasteiger partial charge in [-0.3, -0.25) is 5.43 Å². The van der Waals surface area contributed by atoms with Crippen LogP contribution in [0, 0.1) is 46.3 Å². The van der Waals surface area contributed by atoms with Crippen LogP contribution in [0.25, 0.3) is 0 Å². The number of nitrogens with zero attached hydrogens (tertiary/aromatic N) is 1. The van der Waals surface area contributed by atoms with Crippen LogP contribution >= 0.6 is 12.2 Å². The number of hydrogen-bond acceptors (Lipinski definition) is 2. The van der Waals surface area contributed by atoms with Crippen molar-refractivity contribution in [1.29, 1.82) is 0 Å². The van der Waals surface area contributed by atoms with Gasteiger partial charge in [0.2, 0.25) is 0 Å². The van der Waals surface area contributed by atoms with Gasteiger partial charge in [0.25, 0.3) is 0 Å². The standard InChI is InChI=1S/C33H55N3S/c1-22(2)11-10-12-23(3)26-16-17-27-30-28(18-20-33(26,27)5)32(4)19-9-8-13-24(32)21-29(30)35-36-31(37)34-25-14-6-7-15-25/h21-23,25-28,30H,6-20H2,1-5H3,(H2,34,36,37)/b35-29-/t23-,26-,27+,28+,30+,32+,33-/m1/s1. The van der Waals surface area contributed by atoms with Gasteiger partial charge >= 0.3 is 0 Å². The van der Waals surface area contributed by atoms with Crippen molar-refractivity contribution in [3.63, 3.8) is 0 Å². The summed E-state index contributed by atoms with van der Waals surface area (Å²) in [6.07, 6.45) is 22.8. The highest BCUT2D eigenvalue weighted by molar-refractivity contribution is 7.80. The van der Waals surface area contributed by atoms with Crippen LogP contribution in [0.5, 0.6) is 0 Å². The van der Waals surface area contributed by atoms with Crippen molar-refractivity contribution in [2.45, 2.75) is 137 Å². The van der Waals surface area contributed by atoms with E-state index < -0.39 is 0 Å². The van der Waals surface area contributed by atoms with Crippen molar-refractivity contribution >= 4 is 23.0 Å². The lowest BCUT2D eigenvalue weighted by Gasteiger charge is -2.58. The van der Waals surface area contributed by atoms with Crippen LogP contribution in [0.2, 0.25) is 0 Å². The zero-order chi connectivity index (χ0) is 26.2. The lowest BCUT2D eigenvalue weighted by atomic mass is 9.46. The summed E-state index contributed by atoms with van der Waals surface area (Å²) in [4.78, 5) is 0. The highest BCUT2D eigenvalue weighted by atomic mass is 32.1. The molecule has 4 saturated carbocycles. The van der Waals surface area contributed by atoms with E-state index in [9.17, 15) is 0 Å². The Bertz CT molecular complexity index is 886. The smallest absolute Gasteiger partial charge is 0.187 e. The molecule has 0 aromatic carbocycles. The van der Waals surface area contributed by atoms with Gasteiger partial charge in [-0.25, -0.2) is 0 Å². The Kier molecular flexibility index (Phi) is 8.45. The third-order valence-electron chi connectivity index (χ3n) is 12.1. The highest BCUT2D eigenvalue weighted by Crippen LogP contribution is 2.66. The molecule has 0 radical (unpaired) electrons. The van der Waals surface area contributed by atoms with Gasteiger partial charge in [-0.1, -0.05) is 78.7 Å². The summed E-state index contributed by atoms with van der Waals surface area (Å²) >= 11 is 5.72. The zero-order valence-electron chi connectivity index (χ0n) is 24.6. The number of hydrazone groups is 1. The molecule has 5 rings (SSSR count). The van der Waals surface area contributed by atoms with Gasteiger partial charge < -0.3 is 5.32 Å². The van der Waals surface area contributed by atoms with Gasteiger partial charge in [-0.2, -0.15) is 5.10 Å². The fourth-order valence-electron chi connectivity index (χ4n) is 9.99. The summed E-state index contributed by atoms with van der Waals surface area (Å²) in [7, 11) is 0. The van der Waals surface area contributed by atoms with Crippen LogP contribution in [-0.4, -0.2) is 16.9 Å². The second-order valence-electron chi connectivity index (χ2n) is 14.7. The van der Waals surface area contributed by atoms with Crippen LogP contribution in [0.4, 0.5) is 0 Å². The topological polar surface area (TPSA) is 36.4 Å². The Labute approximate surface area is 233 Å². The van der Waals surface area contributed by atoms with E-state index in [4.69, 9.17) is 17.3 Å². The van der Waals surface area contributed by atoms with E-state index in [2.05, 4.69) is 51.4 Å². The third-order valence-corrected chi connectivity index (χ3v) is 12.3. The Morgan fingerprint density at radius 3 is 2.51 bits per heavy atom. The van der Waals surface area contributed by atoms with Crippen molar-refractivity contribution < 1.29 is 0 Å². The molecular weight excluding hydrogens is 470 g/mol. The molecule has 0 aromatic rings. The van der Waals surface area contributed by atoms with Crippen LogP contribution in [0.15, 0.2) is 16.8 Å². The van der Waals surface area contributed by atoms with Gasteiger partial charge in [-0.05, 0) is 117 Å². The average Bonchev–Trinajstić information content (AvgIpc) is 3.49. The van der Waals surface area contributed by atoms with Crippen molar-refractivity contribution in [3.8, 4) is 0 Å². The third kappa shape index (κ3) is 5.44. The van der Waals surface area contributed by atoms with Crippen molar-refractivity contribution in [1.82, 2.24) is 10.7 Å². The molecule has 0 unspecified atom stereocenters. The number of hydrogen-bond donors (Lipinski definition) is 2. The summed E-state index contributed by atoms with van der Waals surface area (Å²) < 4.78 is 0. The predicted octanol–water partition coefficient (Wildman–Crippen LogP) is 8.79. The second kappa shape index (κ2) is 11.3. The maximum absolute atomic E-state index is 5.72. The molecule has 0 aromatic heterocycles. The Hall–Kier alpha value is -0.900. The quantitative estimate of drug-likeness (QED) is 0.257. The predicted molar refractivity (Wildman–Crippen MR) is 162 cm³/mol. The van der Waals surface area contributed by atoms with Crippen LogP contribution in [0.3, 0.4) is 0 Å². The number of fused-ring (bicyclic) bond motifs is 5. The van der Waals surface area contributed by atoms with Gasteiger partial charge in [0.1, 0.15) is 0 Å². The van der Waals surface area contributed by atoms with E-state index in [0.29, 0.717) is 22.8 Å². The fourth-order valence-corrected chi connectivity index (χ4v) is 10.2. The summed E-state index contributed by atoms with van der Waals surface area (Å²) in [5.41, 5.74) is 7.21. The van der Waals surface area contributed by atoms with Crippen molar-refractivity contribution in [3.05, 3.63) is 11.6 Å². The van der Waals surface area contributed by atoms with Crippen LogP contribution in [0.1, 0.15) is 131 Å². The Balaban J connectivity index is 1.38.